The average Bonchev–Trinajstić information content (AvgIpc) is 2.36. The molecule has 4 nitrogen and oxygen atoms in total. The number of ether oxygens (including phenoxy) is 1. The lowest BCUT2D eigenvalue weighted by Gasteiger charge is -2.29. The second-order valence-electron chi connectivity index (χ2n) is 6.99. The number of carbonyl (C=O) groups excluding carboxylic acids is 2. The number of aldehydes is 1. The molecule has 1 aromatic carbocycles. The highest BCUT2D eigenvalue weighted by molar-refractivity contribution is 5.70. The fraction of sp³-hybridized carbons (Fsp3) is 0.556. The minimum Gasteiger partial charge on any atom is -0.444 e. The van der Waals surface area contributed by atoms with Crippen molar-refractivity contribution in [2.75, 3.05) is 0 Å². The fourth-order valence-electron chi connectivity index (χ4n) is 2.23. The van der Waals surface area contributed by atoms with Crippen LogP contribution in [0, 0.1) is 18.8 Å². The molecule has 0 unspecified atom stereocenters. The Hall–Kier alpha value is -1.84. The van der Waals surface area contributed by atoms with Gasteiger partial charge in [0.25, 0.3) is 0 Å². The molecule has 0 radical (unpaired) electrons. The van der Waals surface area contributed by atoms with Crippen LogP contribution in [-0.2, 0) is 9.53 Å². The highest BCUT2D eigenvalue weighted by Crippen LogP contribution is 2.27. The summed E-state index contributed by atoms with van der Waals surface area (Å²) in [5.74, 6) is -0.200. The molecule has 0 saturated carbocycles. The van der Waals surface area contributed by atoms with Crippen molar-refractivity contribution in [3.05, 3.63) is 35.4 Å². The lowest BCUT2D eigenvalue weighted by molar-refractivity contribution is -0.113. The second kappa shape index (κ2) is 7.43. The second-order valence-corrected chi connectivity index (χ2v) is 6.99. The summed E-state index contributed by atoms with van der Waals surface area (Å²) >= 11 is 0. The van der Waals surface area contributed by atoms with E-state index in [9.17, 15) is 9.59 Å². The molecule has 1 N–H and O–H groups in total. The molecule has 0 aliphatic carbocycles. The van der Waals surface area contributed by atoms with E-state index >= 15 is 0 Å². The number of hydrogen-bond acceptors (Lipinski definition) is 3. The van der Waals surface area contributed by atoms with E-state index in [0.717, 1.165) is 17.4 Å². The maximum absolute atomic E-state index is 12.1. The van der Waals surface area contributed by atoms with Gasteiger partial charge in [-0.15, -0.1) is 0 Å². The predicted octanol–water partition coefficient (Wildman–Crippen LogP) is 4.03. The van der Waals surface area contributed by atoms with E-state index in [2.05, 4.69) is 5.32 Å². The molecule has 1 aromatic rings. The summed E-state index contributed by atoms with van der Waals surface area (Å²) in [6, 6.07) is 7.43. The largest absolute Gasteiger partial charge is 0.444 e. The Labute approximate surface area is 133 Å². The zero-order valence-electron chi connectivity index (χ0n) is 14.3. The maximum Gasteiger partial charge on any atom is 0.408 e. The Morgan fingerprint density at radius 3 is 2.14 bits per heavy atom. The summed E-state index contributed by atoms with van der Waals surface area (Å²) in [4.78, 5) is 23.6. The van der Waals surface area contributed by atoms with E-state index in [-0.39, 0.29) is 11.8 Å². The first kappa shape index (κ1) is 18.2. The van der Waals surface area contributed by atoms with Crippen molar-refractivity contribution in [3.63, 3.8) is 0 Å². The van der Waals surface area contributed by atoms with Gasteiger partial charge in [-0.3, -0.25) is 0 Å². The molecule has 0 aliphatic rings. The summed E-state index contributed by atoms with van der Waals surface area (Å²) in [5.41, 5.74) is 1.46. The van der Waals surface area contributed by atoms with Gasteiger partial charge in [0.15, 0.2) is 0 Å². The fourth-order valence-corrected chi connectivity index (χ4v) is 2.23. The van der Waals surface area contributed by atoms with Crippen LogP contribution in [0.5, 0.6) is 0 Å². The number of aryl methyl sites for hydroxylation is 1. The number of carbonyl (C=O) groups is 2. The molecule has 0 spiro atoms. The summed E-state index contributed by atoms with van der Waals surface area (Å²) in [5, 5.41) is 2.85. The number of rotatable bonds is 5. The normalized spacial score (nSPS) is 14.3. The van der Waals surface area contributed by atoms with Crippen LogP contribution in [0.3, 0.4) is 0 Å². The standard InChI is InChI=1S/C18H27NO3/c1-12(2)15(11-20)16(14-9-7-13(3)8-10-14)19-17(21)22-18(4,5)6/h7-12,15-16H,1-6H3,(H,19,21)/t15-,16+/m0/s1. The van der Waals surface area contributed by atoms with Gasteiger partial charge in [0.2, 0.25) is 0 Å². The number of alkyl carbamates (subject to hydrolysis) is 1. The van der Waals surface area contributed by atoms with Gasteiger partial charge in [-0.25, -0.2) is 4.79 Å². The van der Waals surface area contributed by atoms with E-state index in [1.807, 2.05) is 65.8 Å². The summed E-state index contributed by atoms with van der Waals surface area (Å²) in [7, 11) is 0. The van der Waals surface area contributed by atoms with Gasteiger partial charge in [-0.2, -0.15) is 0 Å². The minimum atomic E-state index is -0.573. The molecule has 1 amide bonds. The minimum absolute atomic E-state index is 0.110. The molecule has 1 rings (SSSR count). The van der Waals surface area contributed by atoms with Gasteiger partial charge in [0.1, 0.15) is 11.9 Å². The van der Waals surface area contributed by atoms with Crippen LogP contribution in [0.15, 0.2) is 24.3 Å². The lowest BCUT2D eigenvalue weighted by atomic mass is 9.85. The molecule has 2 atom stereocenters. The third kappa shape index (κ3) is 5.51. The quantitative estimate of drug-likeness (QED) is 0.836. The number of amides is 1. The van der Waals surface area contributed by atoms with E-state index in [1.165, 1.54) is 0 Å². The molecule has 0 heterocycles. The molecule has 0 fully saturated rings. The first-order valence-electron chi connectivity index (χ1n) is 7.65. The number of benzene rings is 1. The monoisotopic (exact) mass is 305 g/mol. The summed E-state index contributed by atoms with van der Waals surface area (Å²) < 4.78 is 5.32. The Morgan fingerprint density at radius 1 is 1.18 bits per heavy atom. The van der Waals surface area contributed by atoms with Crippen molar-refractivity contribution >= 4 is 12.4 Å². The number of nitrogens with one attached hydrogen (secondary N) is 1. The number of hydrogen-bond donors (Lipinski definition) is 1. The zero-order chi connectivity index (χ0) is 16.9. The molecule has 0 bridgehead atoms. The molecule has 4 heteroatoms. The zero-order valence-corrected chi connectivity index (χ0v) is 14.3. The SMILES string of the molecule is Cc1ccc([C@@H](NC(=O)OC(C)(C)C)[C@@H](C=O)C(C)C)cc1. The Balaban J connectivity index is 3.03. The topological polar surface area (TPSA) is 55.4 Å². The van der Waals surface area contributed by atoms with Gasteiger partial charge in [-0.05, 0) is 39.2 Å². The van der Waals surface area contributed by atoms with Crippen molar-refractivity contribution in [2.24, 2.45) is 11.8 Å². The molecule has 22 heavy (non-hydrogen) atoms. The average molecular weight is 305 g/mol. The van der Waals surface area contributed by atoms with Crippen LogP contribution < -0.4 is 5.32 Å². The molecular formula is C18H27NO3. The van der Waals surface area contributed by atoms with E-state index in [4.69, 9.17) is 4.74 Å². The molecule has 0 saturated heterocycles. The lowest BCUT2D eigenvalue weighted by Crippen LogP contribution is -2.39. The predicted molar refractivity (Wildman–Crippen MR) is 87.7 cm³/mol. The van der Waals surface area contributed by atoms with Gasteiger partial charge in [-0.1, -0.05) is 43.7 Å². The van der Waals surface area contributed by atoms with Gasteiger partial charge < -0.3 is 14.8 Å². The van der Waals surface area contributed by atoms with Crippen molar-refractivity contribution in [1.82, 2.24) is 5.32 Å². The van der Waals surface area contributed by atoms with Crippen molar-refractivity contribution in [2.45, 2.75) is 53.2 Å². The summed E-state index contributed by atoms with van der Waals surface area (Å²) in [6.45, 7) is 11.4. The Kier molecular flexibility index (Phi) is 6.15. The van der Waals surface area contributed by atoms with Crippen LogP contribution in [0.4, 0.5) is 4.79 Å². The van der Waals surface area contributed by atoms with Gasteiger partial charge >= 0.3 is 6.09 Å². The third-order valence-electron chi connectivity index (χ3n) is 3.42. The highest BCUT2D eigenvalue weighted by Gasteiger charge is 2.29. The first-order chi connectivity index (χ1) is 10.1. The smallest absolute Gasteiger partial charge is 0.408 e. The van der Waals surface area contributed by atoms with Crippen LogP contribution in [-0.4, -0.2) is 18.0 Å². The highest BCUT2D eigenvalue weighted by atomic mass is 16.6. The van der Waals surface area contributed by atoms with Gasteiger partial charge in [0.05, 0.1) is 6.04 Å². The van der Waals surface area contributed by atoms with E-state index in [0.29, 0.717) is 0 Å². The van der Waals surface area contributed by atoms with E-state index < -0.39 is 17.7 Å². The van der Waals surface area contributed by atoms with Crippen LogP contribution in [0.2, 0.25) is 0 Å². The summed E-state index contributed by atoms with van der Waals surface area (Å²) in [6.07, 6.45) is 0.401. The Bertz CT molecular complexity index is 500. The van der Waals surface area contributed by atoms with Crippen molar-refractivity contribution < 1.29 is 14.3 Å². The van der Waals surface area contributed by atoms with Crippen LogP contribution in [0.1, 0.15) is 51.8 Å². The molecule has 0 aliphatic heterocycles. The molecule has 122 valence electrons. The molecule has 0 aromatic heterocycles. The van der Waals surface area contributed by atoms with Crippen LogP contribution >= 0.6 is 0 Å². The van der Waals surface area contributed by atoms with Crippen molar-refractivity contribution in [3.8, 4) is 0 Å². The molecular weight excluding hydrogens is 278 g/mol. The van der Waals surface area contributed by atoms with Crippen molar-refractivity contribution in [1.29, 1.82) is 0 Å². The van der Waals surface area contributed by atoms with Gasteiger partial charge in [0, 0.05) is 5.92 Å². The third-order valence-corrected chi connectivity index (χ3v) is 3.42. The van der Waals surface area contributed by atoms with E-state index in [1.54, 1.807) is 0 Å². The van der Waals surface area contributed by atoms with Crippen LogP contribution in [0.25, 0.3) is 0 Å². The maximum atomic E-state index is 12.1. The Morgan fingerprint density at radius 2 is 1.73 bits per heavy atom. The first-order valence-corrected chi connectivity index (χ1v) is 7.65.